The molecule has 0 saturated carbocycles. The molecule has 0 heterocycles. The Labute approximate surface area is 177 Å². The van der Waals surface area contributed by atoms with Crippen LogP contribution >= 0.6 is 0 Å². The molecule has 0 amide bonds. The first-order valence-electron chi connectivity index (χ1n) is 8.91. The number of hydrogen-bond acceptors (Lipinski definition) is 7. The molecule has 8 nitrogen and oxygen atoms in total. The monoisotopic (exact) mass is 424 g/mol. The van der Waals surface area contributed by atoms with Crippen LogP contribution in [0.3, 0.4) is 0 Å². The number of carboxylic acid groups (broad SMARTS) is 1. The van der Waals surface area contributed by atoms with Gasteiger partial charge < -0.3 is 25.2 Å². The molecule has 2 aromatic rings. The average Bonchev–Trinajstić information content (AvgIpc) is 2.75. The normalized spacial score (nSPS) is 13.8. The van der Waals surface area contributed by atoms with Gasteiger partial charge in [0.1, 0.15) is 0 Å². The van der Waals surface area contributed by atoms with Crippen molar-refractivity contribution in [2.45, 2.75) is 5.92 Å². The van der Waals surface area contributed by atoms with Gasteiger partial charge in [-0.05, 0) is 23.8 Å². The maximum Gasteiger partial charge on any atom is 0.335 e. The molecule has 160 valence electrons. The third-order valence-electron chi connectivity index (χ3n) is 4.34. The zero-order chi connectivity index (χ0) is 23.1. The van der Waals surface area contributed by atoms with E-state index >= 15 is 0 Å². The molecule has 0 saturated heterocycles. The zero-order valence-corrected chi connectivity index (χ0v) is 16.5. The fourth-order valence-corrected chi connectivity index (χ4v) is 2.79. The van der Waals surface area contributed by atoms with E-state index in [9.17, 15) is 14.4 Å². The number of allylic oxidation sites excluding steroid dienone is 4. The lowest BCUT2D eigenvalue weighted by molar-refractivity contribution is -0.117. The van der Waals surface area contributed by atoms with Gasteiger partial charge in [-0.3, -0.25) is 9.59 Å². The summed E-state index contributed by atoms with van der Waals surface area (Å²) in [7, 11) is 1.37. The Morgan fingerprint density at radius 2 is 1.58 bits per heavy atom. The molecule has 1 aliphatic carbocycles. The van der Waals surface area contributed by atoms with Crippen LogP contribution in [0.15, 0.2) is 78.6 Å². The number of hydrogen-bond donors (Lipinski definition) is 4. The molecule has 31 heavy (non-hydrogen) atoms. The number of carbonyl (C=O) groups excluding carboxylic acids is 2. The summed E-state index contributed by atoms with van der Waals surface area (Å²) in [5.41, 5.74) is 1.06. The third kappa shape index (κ3) is 5.39. The van der Waals surface area contributed by atoms with Crippen LogP contribution in [0.4, 0.5) is 0 Å². The maximum absolute atomic E-state index is 12.1. The molecule has 0 aromatic heterocycles. The Bertz CT molecular complexity index is 1060. The SMILES string of the molecule is C=CC(C1=CC(=O)C(OC)=CC1=O)c1ccccc1.O=C(O)c1cc(O)c(O)c(O)c1. The number of benzene rings is 2. The van der Waals surface area contributed by atoms with Gasteiger partial charge in [-0.1, -0.05) is 36.4 Å². The lowest BCUT2D eigenvalue weighted by atomic mass is 9.85. The fourth-order valence-electron chi connectivity index (χ4n) is 2.79. The van der Waals surface area contributed by atoms with Crippen LogP contribution in [0.1, 0.15) is 21.8 Å². The second-order valence-corrected chi connectivity index (χ2v) is 6.33. The Morgan fingerprint density at radius 3 is 2.06 bits per heavy atom. The van der Waals surface area contributed by atoms with E-state index < -0.39 is 23.2 Å². The van der Waals surface area contributed by atoms with Gasteiger partial charge in [0.25, 0.3) is 0 Å². The third-order valence-corrected chi connectivity index (χ3v) is 4.34. The molecule has 1 unspecified atom stereocenters. The second-order valence-electron chi connectivity index (χ2n) is 6.33. The topological polar surface area (TPSA) is 141 Å². The molecule has 1 aliphatic rings. The molecule has 0 bridgehead atoms. The van der Waals surface area contributed by atoms with Crippen LogP contribution in [0.5, 0.6) is 17.2 Å². The van der Waals surface area contributed by atoms with Gasteiger partial charge in [-0.25, -0.2) is 4.79 Å². The number of phenols is 3. The quantitative estimate of drug-likeness (QED) is 0.326. The first-order chi connectivity index (χ1) is 14.7. The van der Waals surface area contributed by atoms with Crippen LogP contribution in [-0.4, -0.2) is 45.1 Å². The van der Waals surface area contributed by atoms with Crippen molar-refractivity contribution in [1.82, 2.24) is 0 Å². The van der Waals surface area contributed by atoms with E-state index in [1.165, 1.54) is 19.3 Å². The molecule has 1 atom stereocenters. The lowest BCUT2D eigenvalue weighted by Crippen LogP contribution is -2.18. The Hall–Kier alpha value is -4.33. The molecule has 0 spiro atoms. The molecule has 8 heteroatoms. The van der Waals surface area contributed by atoms with Crippen molar-refractivity contribution in [1.29, 1.82) is 0 Å². The van der Waals surface area contributed by atoms with E-state index in [4.69, 9.17) is 25.2 Å². The number of ether oxygens (including phenoxy) is 1. The number of ketones is 2. The van der Waals surface area contributed by atoms with Crippen molar-refractivity contribution in [2.24, 2.45) is 0 Å². The van der Waals surface area contributed by atoms with Crippen LogP contribution in [0.2, 0.25) is 0 Å². The van der Waals surface area contributed by atoms with Crippen LogP contribution in [0, 0.1) is 0 Å². The highest BCUT2D eigenvalue weighted by atomic mass is 16.5. The summed E-state index contributed by atoms with van der Waals surface area (Å²) >= 11 is 0. The van der Waals surface area contributed by atoms with E-state index in [0.29, 0.717) is 5.57 Å². The number of phenolic OH excluding ortho intramolecular Hbond substituents is 3. The Balaban J connectivity index is 0.000000245. The molecule has 0 aliphatic heterocycles. The van der Waals surface area contributed by atoms with Gasteiger partial charge in [0.15, 0.2) is 28.8 Å². The minimum Gasteiger partial charge on any atom is -0.504 e. The fraction of sp³-hybridized carbons (Fsp3) is 0.0870. The molecule has 0 fully saturated rings. The highest BCUT2D eigenvalue weighted by Crippen LogP contribution is 2.35. The largest absolute Gasteiger partial charge is 0.504 e. The van der Waals surface area contributed by atoms with E-state index in [1.807, 2.05) is 30.3 Å². The van der Waals surface area contributed by atoms with Crippen molar-refractivity contribution >= 4 is 17.5 Å². The van der Waals surface area contributed by atoms with Gasteiger partial charge in [0.2, 0.25) is 5.78 Å². The number of carbonyl (C=O) groups is 3. The molecular weight excluding hydrogens is 404 g/mol. The predicted molar refractivity (Wildman–Crippen MR) is 111 cm³/mol. The molecular formula is C23H20O8. The number of aromatic carboxylic acids is 1. The highest BCUT2D eigenvalue weighted by molar-refractivity contribution is 6.19. The van der Waals surface area contributed by atoms with Gasteiger partial charge in [-0.15, -0.1) is 6.58 Å². The predicted octanol–water partition coefficient (Wildman–Crippen LogP) is 3.07. The van der Waals surface area contributed by atoms with Crippen LogP contribution < -0.4 is 0 Å². The van der Waals surface area contributed by atoms with E-state index in [0.717, 1.165) is 17.7 Å². The van der Waals surface area contributed by atoms with Crippen molar-refractivity contribution in [3.05, 3.63) is 89.7 Å². The standard InChI is InChI=1S/C16H14O3.C7H6O5/c1-3-12(11-7-5-4-6-8-11)13-9-15(18)16(19-2)10-14(13)17;8-4-1-3(7(11)12)2-5(9)6(4)10/h3-10,12H,1H2,2H3;1-2,8-10H,(H,11,12). The summed E-state index contributed by atoms with van der Waals surface area (Å²) in [4.78, 5) is 34.1. The summed E-state index contributed by atoms with van der Waals surface area (Å²) in [5, 5.41) is 35.0. The van der Waals surface area contributed by atoms with Crippen molar-refractivity contribution in [3.63, 3.8) is 0 Å². The first kappa shape index (κ1) is 23.0. The molecule has 2 aromatic carbocycles. The molecule has 4 N–H and O–H groups in total. The van der Waals surface area contributed by atoms with Gasteiger partial charge >= 0.3 is 5.97 Å². The summed E-state index contributed by atoms with van der Waals surface area (Å²) in [6, 6.07) is 11.2. The Kier molecular flexibility index (Phi) is 7.35. The van der Waals surface area contributed by atoms with Crippen LogP contribution in [-0.2, 0) is 14.3 Å². The van der Waals surface area contributed by atoms with Crippen molar-refractivity contribution in [3.8, 4) is 17.2 Å². The van der Waals surface area contributed by atoms with E-state index in [2.05, 4.69) is 6.58 Å². The highest BCUT2D eigenvalue weighted by Gasteiger charge is 2.26. The van der Waals surface area contributed by atoms with Crippen molar-refractivity contribution in [2.75, 3.05) is 7.11 Å². The number of aromatic hydroxyl groups is 3. The second kappa shape index (κ2) is 9.93. The number of rotatable bonds is 5. The maximum atomic E-state index is 12.1. The zero-order valence-electron chi connectivity index (χ0n) is 16.5. The van der Waals surface area contributed by atoms with Gasteiger partial charge in [0, 0.05) is 17.6 Å². The summed E-state index contributed by atoms with van der Waals surface area (Å²) in [6.07, 6.45) is 4.23. The average molecular weight is 424 g/mol. The summed E-state index contributed by atoms with van der Waals surface area (Å²) < 4.78 is 4.86. The lowest BCUT2D eigenvalue weighted by Gasteiger charge is -2.18. The minimum absolute atomic E-state index is 0.0737. The van der Waals surface area contributed by atoms with E-state index in [1.54, 1.807) is 6.08 Å². The van der Waals surface area contributed by atoms with Gasteiger partial charge in [-0.2, -0.15) is 0 Å². The summed E-state index contributed by atoms with van der Waals surface area (Å²) in [6.45, 7) is 3.75. The smallest absolute Gasteiger partial charge is 0.335 e. The first-order valence-corrected chi connectivity index (χ1v) is 8.91. The number of carboxylic acids is 1. The number of methoxy groups -OCH3 is 1. The summed E-state index contributed by atoms with van der Waals surface area (Å²) in [5.74, 6) is -4.05. The Morgan fingerprint density at radius 1 is 1.00 bits per heavy atom. The van der Waals surface area contributed by atoms with Gasteiger partial charge in [0.05, 0.1) is 12.7 Å². The molecule has 3 rings (SSSR count). The minimum atomic E-state index is -1.29. The molecule has 0 radical (unpaired) electrons. The van der Waals surface area contributed by atoms with Crippen molar-refractivity contribution < 1.29 is 39.5 Å². The van der Waals surface area contributed by atoms with Crippen LogP contribution in [0.25, 0.3) is 0 Å². The van der Waals surface area contributed by atoms with E-state index in [-0.39, 0.29) is 28.8 Å².